The molecule has 32 heavy (non-hydrogen) atoms. The summed E-state index contributed by atoms with van der Waals surface area (Å²) >= 11 is 0. The normalized spacial score (nSPS) is 13.1. The van der Waals surface area contributed by atoms with Crippen molar-refractivity contribution < 1.29 is 18.7 Å². The largest absolute Gasteiger partial charge is 0.463 e. The summed E-state index contributed by atoms with van der Waals surface area (Å²) in [7, 11) is 0. The maximum atomic E-state index is 14.4. The van der Waals surface area contributed by atoms with Crippen LogP contribution in [0.15, 0.2) is 64.3 Å². The molecule has 2 aromatic heterocycles. The molecule has 0 aliphatic carbocycles. The van der Waals surface area contributed by atoms with E-state index in [1.807, 2.05) is 13.8 Å². The zero-order chi connectivity index (χ0) is 22.3. The number of nitrogens with zero attached hydrogens (tertiary/aromatic N) is 2. The second kappa shape index (κ2) is 11.8. The second-order valence-corrected chi connectivity index (χ2v) is 7.29. The van der Waals surface area contributed by atoms with Gasteiger partial charge >= 0.3 is 0 Å². The summed E-state index contributed by atoms with van der Waals surface area (Å²) in [5, 5.41) is 16.9. The van der Waals surface area contributed by atoms with Crippen molar-refractivity contribution in [1.82, 2.24) is 15.6 Å². The van der Waals surface area contributed by atoms with E-state index >= 15 is 0 Å². The number of aliphatic imine (C=N–C) groups is 1. The minimum atomic E-state index is -1.21. The molecular formula is C23H28FIN4O3. The molecule has 0 radical (unpaired) electrons. The first-order valence-electron chi connectivity index (χ1n) is 10.0. The van der Waals surface area contributed by atoms with Gasteiger partial charge in [-0.1, -0.05) is 6.07 Å². The van der Waals surface area contributed by atoms with E-state index in [4.69, 9.17) is 9.15 Å². The van der Waals surface area contributed by atoms with Crippen LogP contribution in [0.4, 0.5) is 4.39 Å². The number of furan rings is 1. The molecule has 0 aliphatic heterocycles. The topological polar surface area (TPSA) is 91.9 Å². The fraction of sp³-hybridized carbons (Fsp3) is 0.304. The summed E-state index contributed by atoms with van der Waals surface area (Å²) in [4.78, 5) is 8.42. The summed E-state index contributed by atoms with van der Waals surface area (Å²) in [6, 6.07) is 11.7. The lowest BCUT2D eigenvalue weighted by atomic mass is 10.0. The van der Waals surface area contributed by atoms with E-state index in [1.165, 1.54) is 12.3 Å². The van der Waals surface area contributed by atoms with Gasteiger partial charge in [0.25, 0.3) is 0 Å². The number of guanidine groups is 1. The Balaban J connectivity index is 0.00000363. The van der Waals surface area contributed by atoms with E-state index in [0.717, 1.165) is 5.76 Å². The molecule has 1 unspecified atom stereocenters. The van der Waals surface area contributed by atoms with E-state index in [9.17, 15) is 9.50 Å². The summed E-state index contributed by atoms with van der Waals surface area (Å²) in [6.45, 7) is 6.51. The fourth-order valence-corrected chi connectivity index (χ4v) is 2.84. The molecule has 0 spiro atoms. The maximum Gasteiger partial charge on any atom is 0.191 e. The molecule has 9 heteroatoms. The third kappa shape index (κ3) is 7.20. The number of aliphatic hydroxyl groups is 1. The molecule has 0 saturated carbocycles. The van der Waals surface area contributed by atoms with Gasteiger partial charge in [0.05, 0.1) is 19.3 Å². The van der Waals surface area contributed by atoms with E-state index in [1.54, 1.807) is 49.5 Å². The van der Waals surface area contributed by atoms with Gasteiger partial charge in [0, 0.05) is 12.7 Å². The predicted molar refractivity (Wildman–Crippen MR) is 132 cm³/mol. The molecule has 1 atom stereocenters. The van der Waals surface area contributed by atoms with Gasteiger partial charge in [-0.05, 0) is 62.7 Å². The Kier molecular flexibility index (Phi) is 9.45. The Labute approximate surface area is 204 Å². The lowest BCUT2D eigenvalue weighted by Gasteiger charge is -2.22. The van der Waals surface area contributed by atoms with Crippen LogP contribution in [-0.2, 0) is 12.1 Å². The van der Waals surface area contributed by atoms with Crippen LogP contribution in [0.3, 0.4) is 0 Å². The third-order valence-corrected chi connectivity index (χ3v) is 4.49. The van der Waals surface area contributed by atoms with Crippen molar-refractivity contribution in [2.24, 2.45) is 4.99 Å². The molecule has 0 fully saturated rings. The van der Waals surface area contributed by atoms with Crippen LogP contribution < -0.4 is 15.4 Å². The first-order valence-corrected chi connectivity index (χ1v) is 10.0. The molecule has 3 rings (SSSR count). The number of benzene rings is 1. The van der Waals surface area contributed by atoms with Gasteiger partial charge in [-0.2, -0.15) is 0 Å². The molecule has 0 amide bonds. The zero-order valence-electron chi connectivity index (χ0n) is 18.3. The van der Waals surface area contributed by atoms with Gasteiger partial charge in [0.1, 0.15) is 22.9 Å². The van der Waals surface area contributed by atoms with Crippen molar-refractivity contribution in [3.63, 3.8) is 0 Å². The van der Waals surface area contributed by atoms with E-state index in [-0.39, 0.29) is 42.8 Å². The van der Waals surface area contributed by atoms with Gasteiger partial charge in [0.2, 0.25) is 0 Å². The number of pyridine rings is 1. The Bertz CT molecular complexity index is 1030. The number of nitrogens with one attached hydrogen (secondary N) is 2. The Morgan fingerprint density at radius 2 is 2.06 bits per heavy atom. The quantitative estimate of drug-likeness (QED) is 0.216. The standard InChI is InChI=1S/C23H27FN4O3.HI/c1-4-26-22(28-15-23(3,29)21-10-7-16(2)30-21)27-13-17-8-9-20(19(24)12-17)31-18-6-5-11-25-14-18;/h5-12,14,29H,4,13,15H2,1-3H3,(H2,26,27,28);1H. The minimum absolute atomic E-state index is 0. The van der Waals surface area contributed by atoms with Crippen molar-refractivity contribution in [2.75, 3.05) is 13.1 Å². The summed E-state index contributed by atoms with van der Waals surface area (Å²) in [5.74, 6) is 1.81. The third-order valence-electron chi connectivity index (χ3n) is 4.49. The minimum Gasteiger partial charge on any atom is -0.463 e. The van der Waals surface area contributed by atoms with E-state index in [2.05, 4.69) is 20.6 Å². The van der Waals surface area contributed by atoms with Gasteiger partial charge in [-0.25, -0.2) is 9.38 Å². The van der Waals surface area contributed by atoms with Crippen molar-refractivity contribution in [1.29, 1.82) is 0 Å². The van der Waals surface area contributed by atoms with Gasteiger partial charge in [-0.3, -0.25) is 4.98 Å². The summed E-state index contributed by atoms with van der Waals surface area (Å²) in [6.07, 6.45) is 3.14. The molecule has 0 aliphatic rings. The average molecular weight is 554 g/mol. The number of rotatable bonds is 8. The van der Waals surface area contributed by atoms with Crippen molar-refractivity contribution in [3.05, 3.63) is 77.8 Å². The molecule has 172 valence electrons. The van der Waals surface area contributed by atoms with Crippen LogP contribution in [0.5, 0.6) is 11.5 Å². The lowest BCUT2D eigenvalue weighted by molar-refractivity contribution is 0.0378. The highest BCUT2D eigenvalue weighted by Gasteiger charge is 2.27. The maximum absolute atomic E-state index is 14.4. The average Bonchev–Trinajstić information content (AvgIpc) is 3.20. The van der Waals surface area contributed by atoms with Crippen LogP contribution in [0.25, 0.3) is 0 Å². The number of halogens is 2. The van der Waals surface area contributed by atoms with Crippen LogP contribution >= 0.6 is 24.0 Å². The Hall–Kier alpha value is -2.66. The molecule has 0 bridgehead atoms. The number of aromatic nitrogens is 1. The van der Waals surface area contributed by atoms with Crippen LogP contribution in [0, 0.1) is 12.7 Å². The van der Waals surface area contributed by atoms with E-state index in [0.29, 0.717) is 29.6 Å². The highest BCUT2D eigenvalue weighted by molar-refractivity contribution is 14.0. The summed E-state index contributed by atoms with van der Waals surface area (Å²) in [5.41, 5.74) is -0.524. The van der Waals surface area contributed by atoms with Gasteiger partial charge in [0.15, 0.2) is 17.5 Å². The zero-order valence-corrected chi connectivity index (χ0v) is 20.6. The SMILES string of the molecule is CCNC(=NCc1ccc(Oc2cccnc2)c(F)c1)NCC(C)(O)c1ccc(C)o1.I. The first-order chi connectivity index (χ1) is 14.9. The number of hydrogen-bond acceptors (Lipinski definition) is 5. The fourth-order valence-electron chi connectivity index (χ4n) is 2.84. The Morgan fingerprint density at radius 1 is 1.25 bits per heavy atom. The highest BCUT2D eigenvalue weighted by atomic mass is 127. The number of hydrogen-bond donors (Lipinski definition) is 3. The van der Waals surface area contributed by atoms with Crippen LogP contribution in [0.1, 0.15) is 30.9 Å². The number of aryl methyl sites for hydroxylation is 1. The monoisotopic (exact) mass is 554 g/mol. The second-order valence-electron chi connectivity index (χ2n) is 7.29. The number of ether oxygens (including phenoxy) is 1. The molecule has 7 nitrogen and oxygen atoms in total. The molecule has 0 saturated heterocycles. The van der Waals surface area contributed by atoms with E-state index < -0.39 is 11.4 Å². The Morgan fingerprint density at radius 3 is 2.69 bits per heavy atom. The highest BCUT2D eigenvalue weighted by Crippen LogP contribution is 2.25. The molecule has 3 aromatic rings. The molecular weight excluding hydrogens is 526 g/mol. The lowest BCUT2D eigenvalue weighted by Crippen LogP contribution is -2.44. The molecule has 2 heterocycles. The van der Waals surface area contributed by atoms with Crippen molar-refractivity contribution >= 4 is 29.9 Å². The molecule has 1 aromatic carbocycles. The van der Waals surface area contributed by atoms with Crippen LogP contribution in [-0.4, -0.2) is 29.1 Å². The predicted octanol–water partition coefficient (Wildman–Crippen LogP) is 4.50. The summed E-state index contributed by atoms with van der Waals surface area (Å²) < 4.78 is 25.5. The van der Waals surface area contributed by atoms with Crippen LogP contribution in [0.2, 0.25) is 0 Å². The van der Waals surface area contributed by atoms with Gasteiger partial charge in [-0.15, -0.1) is 24.0 Å². The first kappa shape index (κ1) is 25.6. The van der Waals surface area contributed by atoms with Crippen molar-refractivity contribution in [2.45, 2.75) is 32.9 Å². The molecule has 3 N–H and O–H groups in total. The van der Waals surface area contributed by atoms with Crippen molar-refractivity contribution in [3.8, 4) is 11.5 Å². The van der Waals surface area contributed by atoms with Gasteiger partial charge < -0.3 is 24.9 Å². The smallest absolute Gasteiger partial charge is 0.191 e.